The number of nitrogens with one attached hydrogen (secondary N) is 1. The number of pyridine rings is 1. The van der Waals surface area contributed by atoms with Crippen molar-refractivity contribution in [2.24, 2.45) is 5.92 Å². The van der Waals surface area contributed by atoms with Crippen LogP contribution < -0.4 is 5.32 Å². The van der Waals surface area contributed by atoms with Gasteiger partial charge in [0.15, 0.2) is 0 Å². The highest BCUT2D eigenvalue weighted by molar-refractivity contribution is 6.07. The molecule has 0 spiro atoms. The van der Waals surface area contributed by atoms with Crippen molar-refractivity contribution >= 4 is 22.5 Å². The number of para-hydroxylation sites is 1. The van der Waals surface area contributed by atoms with Crippen LogP contribution in [0.15, 0.2) is 60.3 Å². The largest absolute Gasteiger partial charge is 0.320 e. The van der Waals surface area contributed by atoms with Gasteiger partial charge in [0.1, 0.15) is 0 Å². The van der Waals surface area contributed by atoms with Gasteiger partial charge in [0, 0.05) is 17.2 Å². The first-order chi connectivity index (χ1) is 10.6. The molecule has 1 aliphatic rings. The molecule has 112 valence electrons. The number of carbonyl (C=O) groups is 1. The molecule has 0 bridgehead atoms. The smallest absolute Gasteiger partial charge is 0.251 e. The van der Waals surface area contributed by atoms with Crippen LogP contribution in [0.5, 0.6) is 0 Å². The molecule has 0 saturated heterocycles. The van der Waals surface area contributed by atoms with E-state index in [1.807, 2.05) is 30.3 Å². The van der Waals surface area contributed by atoms with Crippen molar-refractivity contribution in [3.8, 4) is 0 Å². The second kappa shape index (κ2) is 6.14. The van der Waals surface area contributed by atoms with E-state index in [9.17, 15) is 4.79 Å². The van der Waals surface area contributed by atoms with E-state index in [1.54, 1.807) is 6.20 Å². The average Bonchev–Trinajstić information content (AvgIpc) is 2.55. The number of anilines is 1. The molecule has 2 aromatic rings. The Morgan fingerprint density at radius 3 is 2.86 bits per heavy atom. The Morgan fingerprint density at radius 2 is 2.14 bits per heavy atom. The third-order valence-corrected chi connectivity index (χ3v) is 4.28. The number of hydrogen-bond acceptors (Lipinski definition) is 2. The van der Waals surface area contributed by atoms with Crippen LogP contribution in [-0.4, -0.2) is 10.9 Å². The third kappa shape index (κ3) is 2.93. The van der Waals surface area contributed by atoms with Crippen molar-refractivity contribution in [2.75, 3.05) is 5.32 Å². The first-order valence-corrected chi connectivity index (χ1v) is 7.64. The maximum Gasteiger partial charge on any atom is 0.251 e. The van der Waals surface area contributed by atoms with Crippen molar-refractivity contribution in [2.45, 2.75) is 26.2 Å². The quantitative estimate of drug-likeness (QED) is 0.848. The van der Waals surface area contributed by atoms with Gasteiger partial charge in [-0.25, -0.2) is 0 Å². The van der Waals surface area contributed by atoms with Gasteiger partial charge in [0.2, 0.25) is 0 Å². The molecular formula is C19H20N2O. The lowest BCUT2D eigenvalue weighted by molar-refractivity contribution is -0.113. The molecule has 0 aliphatic heterocycles. The lowest BCUT2D eigenvalue weighted by Crippen LogP contribution is -2.18. The van der Waals surface area contributed by atoms with Crippen LogP contribution in [0.2, 0.25) is 0 Å². The summed E-state index contributed by atoms with van der Waals surface area (Å²) in [5, 5.41) is 4.03. The average molecular weight is 292 g/mol. The van der Waals surface area contributed by atoms with E-state index in [2.05, 4.69) is 29.9 Å². The van der Waals surface area contributed by atoms with Crippen LogP contribution in [0, 0.1) is 5.92 Å². The molecule has 3 heteroatoms. The van der Waals surface area contributed by atoms with Crippen molar-refractivity contribution in [3.63, 3.8) is 0 Å². The van der Waals surface area contributed by atoms with Gasteiger partial charge in [-0.3, -0.25) is 9.78 Å². The Labute approximate surface area is 130 Å². The summed E-state index contributed by atoms with van der Waals surface area (Å²) in [6.45, 7) is 6.07. The number of benzene rings is 1. The minimum Gasteiger partial charge on any atom is -0.320 e. The van der Waals surface area contributed by atoms with Crippen molar-refractivity contribution in [1.82, 2.24) is 4.98 Å². The fraction of sp³-hybridized carbons (Fsp3) is 0.263. The standard InChI is InChI=1S/C19H20N2O/c1-13(2)14-8-10-16(11-9-14)19(22)21-17-7-3-5-15-6-4-12-20-18(15)17/h3-7,10,12,14H,1,8-9,11H2,2H3,(H,21,22)/t14-/m1/s1. The highest BCUT2D eigenvalue weighted by Gasteiger charge is 2.19. The SMILES string of the molecule is C=C(C)[C@@H]1CC=C(C(=O)Nc2cccc3cccnc23)CC1. The van der Waals surface area contributed by atoms with E-state index in [0.29, 0.717) is 5.92 Å². The van der Waals surface area contributed by atoms with Gasteiger partial charge >= 0.3 is 0 Å². The molecule has 0 saturated carbocycles. The molecule has 0 radical (unpaired) electrons. The maximum absolute atomic E-state index is 12.5. The molecule has 1 amide bonds. The van der Waals surface area contributed by atoms with Gasteiger partial charge in [-0.05, 0) is 44.2 Å². The van der Waals surface area contributed by atoms with Gasteiger partial charge in [-0.1, -0.05) is 36.4 Å². The molecule has 0 unspecified atom stereocenters. The molecule has 1 N–H and O–H groups in total. The molecule has 1 aliphatic carbocycles. The summed E-state index contributed by atoms with van der Waals surface area (Å²) in [7, 11) is 0. The van der Waals surface area contributed by atoms with Crippen LogP contribution in [0.3, 0.4) is 0 Å². The second-order valence-corrected chi connectivity index (χ2v) is 5.88. The minimum absolute atomic E-state index is 0.0154. The van der Waals surface area contributed by atoms with E-state index in [1.165, 1.54) is 5.57 Å². The zero-order valence-corrected chi connectivity index (χ0v) is 12.8. The fourth-order valence-electron chi connectivity index (χ4n) is 2.90. The lowest BCUT2D eigenvalue weighted by Gasteiger charge is -2.21. The highest BCUT2D eigenvalue weighted by Crippen LogP contribution is 2.29. The Hall–Kier alpha value is -2.42. The third-order valence-electron chi connectivity index (χ3n) is 4.28. The molecule has 1 aromatic heterocycles. The Morgan fingerprint density at radius 1 is 1.32 bits per heavy atom. The molecule has 22 heavy (non-hydrogen) atoms. The van der Waals surface area contributed by atoms with Crippen molar-refractivity contribution in [3.05, 3.63) is 60.3 Å². The molecule has 0 fully saturated rings. The summed E-state index contributed by atoms with van der Waals surface area (Å²) in [4.78, 5) is 16.8. The second-order valence-electron chi connectivity index (χ2n) is 5.88. The fourth-order valence-corrected chi connectivity index (χ4v) is 2.90. The number of nitrogens with zero attached hydrogens (tertiary/aromatic N) is 1. The van der Waals surface area contributed by atoms with E-state index < -0.39 is 0 Å². The first kappa shape index (κ1) is 14.5. The number of rotatable bonds is 3. The van der Waals surface area contributed by atoms with Gasteiger partial charge < -0.3 is 5.32 Å². The molecule has 3 nitrogen and oxygen atoms in total. The number of hydrogen-bond donors (Lipinski definition) is 1. The number of carbonyl (C=O) groups excluding carboxylic acids is 1. The molecule has 3 rings (SSSR count). The van der Waals surface area contributed by atoms with Crippen molar-refractivity contribution in [1.29, 1.82) is 0 Å². The summed E-state index contributed by atoms with van der Waals surface area (Å²) in [5.41, 5.74) is 3.67. The summed E-state index contributed by atoms with van der Waals surface area (Å²) in [5.74, 6) is 0.495. The van der Waals surface area contributed by atoms with Crippen LogP contribution in [-0.2, 0) is 4.79 Å². The van der Waals surface area contributed by atoms with Crippen LogP contribution >= 0.6 is 0 Å². The zero-order chi connectivity index (χ0) is 15.5. The normalized spacial score (nSPS) is 17.9. The summed E-state index contributed by atoms with van der Waals surface area (Å²) < 4.78 is 0. The van der Waals surface area contributed by atoms with E-state index in [0.717, 1.165) is 41.4 Å². The van der Waals surface area contributed by atoms with Crippen LogP contribution in [0.25, 0.3) is 10.9 Å². The van der Waals surface area contributed by atoms with Gasteiger partial charge in [0.05, 0.1) is 11.2 Å². The maximum atomic E-state index is 12.5. The molecule has 1 atom stereocenters. The minimum atomic E-state index is -0.0154. The van der Waals surface area contributed by atoms with E-state index in [-0.39, 0.29) is 5.91 Å². The van der Waals surface area contributed by atoms with Crippen molar-refractivity contribution < 1.29 is 4.79 Å². The van der Waals surface area contributed by atoms with Gasteiger partial charge in [-0.2, -0.15) is 0 Å². The molecule has 1 aromatic carbocycles. The molecular weight excluding hydrogens is 272 g/mol. The van der Waals surface area contributed by atoms with E-state index in [4.69, 9.17) is 0 Å². The van der Waals surface area contributed by atoms with Crippen LogP contribution in [0.4, 0.5) is 5.69 Å². The Bertz CT molecular complexity index is 756. The number of allylic oxidation sites excluding steroid dienone is 2. The monoisotopic (exact) mass is 292 g/mol. The predicted octanol–water partition coefficient (Wildman–Crippen LogP) is 4.48. The predicted molar refractivity (Wildman–Crippen MR) is 90.6 cm³/mol. The summed E-state index contributed by atoms with van der Waals surface area (Å²) in [6, 6.07) is 9.72. The molecule has 1 heterocycles. The zero-order valence-electron chi connectivity index (χ0n) is 12.8. The lowest BCUT2D eigenvalue weighted by atomic mass is 9.85. The number of fused-ring (bicyclic) bond motifs is 1. The summed E-state index contributed by atoms with van der Waals surface area (Å²) >= 11 is 0. The van der Waals surface area contributed by atoms with Crippen LogP contribution in [0.1, 0.15) is 26.2 Å². The van der Waals surface area contributed by atoms with Gasteiger partial charge in [0.25, 0.3) is 5.91 Å². The number of amides is 1. The topological polar surface area (TPSA) is 42.0 Å². The Balaban J connectivity index is 1.78. The number of aromatic nitrogens is 1. The summed E-state index contributed by atoms with van der Waals surface area (Å²) in [6.07, 6.45) is 6.52. The first-order valence-electron chi connectivity index (χ1n) is 7.64. The highest BCUT2D eigenvalue weighted by atomic mass is 16.1. The van der Waals surface area contributed by atoms with E-state index >= 15 is 0 Å². The Kier molecular flexibility index (Phi) is 4.05. The van der Waals surface area contributed by atoms with Gasteiger partial charge in [-0.15, -0.1) is 0 Å².